The molecule has 0 saturated carbocycles. The number of rotatable bonds is 6. The Bertz CT molecular complexity index is 717. The molecular formula is C12H14Cl2N4O2S. The second-order valence-electron chi connectivity index (χ2n) is 4.34. The summed E-state index contributed by atoms with van der Waals surface area (Å²) in [7, 11) is -2.03. The van der Waals surface area contributed by atoms with Crippen molar-refractivity contribution in [3.63, 3.8) is 0 Å². The highest BCUT2D eigenvalue weighted by Gasteiger charge is 2.21. The molecule has 1 heterocycles. The van der Waals surface area contributed by atoms with Gasteiger partial charge in [-0.15, -0.1) is 0 Å². The van der Waals surface area contributed by atoms with Gasteiger partial charge in [-0.1, -0.05) is 23.2 Å². The van der Waals surface area contributed by atoms with Gasteiger partial charge in [-0.25, -0.2) is 13.1 Å². The van der Waals surface area contributed by atoms with Crippen molar-refractivity contribution in [2.24, 2.45) is 0 Å². The van der Waals surface area contributed by atoms with Crippen LogP contribution in [-0.4, -0.2) is 25.7 Å². The lowest BCUT2D eigenvalue weighted by molar-refractivity contribution is 0.581. The molecule has 0 spiro atoms. The lowest BCUT2D eigenvalue weighted by Gasteiger charge is -2.12. The van der Waals surface area contributed by atoms with Crippen LogP contribution in [0.1, 0.15) is 11.1 Å². The molecule has 0 radical (unpaired) electrons. The van der Waals surface area contributed by atoms with Crippen molar-refractivity contribution >= 4 is 33.2 Å². The van der Waals surface area contributed by atoms with Crippen molar-refractivity contribution < 1.29 is 8.42 Å². The third kappa shape index (κ3) is 3.96. The molecule has 2 aromatic rings. The van der Waals surface area contributed by atoms with Crippen molar-refractivity contribution in [2.75, 3.05) is 7.05 Å². The topological polar surface area (TPSA) is 86.9 Å². The molecule has 0 aliphatic rings. The van der Waals surface area contributed by atoms with Gasteiger partial charge < -0.3 is 5.32 Å². The number of hydrogen-bond donors (Lipinski definition) is 3. The van der Waals surface area contributed by atoms with Crippen molar-refractivity contribution in [1.29, 1.82) is 0 Å². The van der Waals surface area contributed by atoms with E-state index in [1.54, 1.807) is 19.3 Å². The summed E-state index contributed by atoms with van der Waals surface area (Å²) in [4.78, 5) is -0.0367. The molecule has 1 aromatic carbocycles. The Labute approximate surface area is 132 Å². The summed E-state index contributed by atoms with van der Waals surface area (Å²) in [6.07, 6.45) is 3.14. The maximum absolute atomic E-state index is 12.4. The number of sulfonamides is 1. The van der Waals surface area contributed by atoms with E-state index >= 15 is 0 Å². The van der Waals surface area contributed by atoms with Gasteiger partial charge in [0, 0.05) is 29.9 Å². The maximum atomic E-state index is 12.4. The Kier molecular flexibility index (Phi) is 5.23. The number of hydrogen-bond acceptors (Lipinski definition) is 4. The van der Waals surface area contributed by atoms with Gasteiger partial charge in [0.2, 0.25) is 10.0 Å². The highest BCUT2D eigenvalue weighted by atomic mass is 35.5. The molecule has 0 atom stereocenters. The quantitative estimate of drug-likeness (QED) is 0.744. The summed E-state index contributed by atoms with van der Waals surface area (Å²) in [6, 6.07) is 2.97. The third-order valence-electron chi connectivity index (χ3n) is 2.76. The van der Waals surface area contributed by atoms with Gasteiger partial charge in [0.15, 0.2) is 0 Å². The summed E-state index contributed by atoms with van der Waals surface area (Å²) >= 11 is 12.1. The average molecular weight is 349 g/mol. The second-order valence-corrected chi connectivity index (χ2v) is 6.89. The Morgan fingerprint density at radius 1 is 1.29 bits per heavy atom. The van der Waals surface area contributed by atoms with Gasteiger partial charge in [-0.2, -0.15) is 5.10 Å². The first-order chi connectivity index (χ1) is 9.94. The fraction of sp³-hybridized carbons (Fsp3) is 0.250. The molecule has 0 saturated heterocycles. The lowest BCUT2D eigenvalue weighted by Crippen LogP contribution is -2.24. The largest absolute Gasteiger partial charge is 0.316 e. The van der Waals surface area contributed by atoms with Crippen molar-refractivity contribution in [1.82, 2.24) is 20.2 Å². The summed E-state index contributed by atoms with van der Waals surface area (Å²) in [5, 5.41) is 9.75. The molecule has 3 N–H and O–H groups in total. The normalized spacial score (nSPS) is 11.8. The molecule has 6 nitrogen and oxygen atoms in total. The Hall–Kier alpha value is -1.12. The molecule has 2 rings (SSSR count). The van der Waals surface area contributed by atoms with E-state index in [-0.39, 0.29) is 16.5 Å². The molecule has 0 unspecified atom stereocenters. The molecule has 0 amide bonds. The zero-order valence-corrected chi connectivity index (χ0v) is 13.5. The summed E-state index contributed by atoms with van der Waals surface area (Å²) in [6.45, 7) is 0.534. The maximum Gasteiger partial charge on any atom is 0.242 e. The number of nitrogens with one attached hydrogen (secondary N) is 3. The van der Waals surface area contributed by atoms with Crippen LogP contribution in [0.5, 0.6) is 0 Å². The Morgan fingerprint density at radius 2 is 2.05 bits per heavy atom. The first-order valence-corrected chi connectivity index (χ1v) is 8.28. The molecule has 114 valence electrons. The van der Waals surface area contributed by atoms with E-state index < -0.39 is 10.0 Å². The van der Waals surface area contributed by atoms with Crippen LogP contribution in [0.25, 0.3) is 0 Å². The number of nitrogens with zero attached hydrogens (tertiary/aromatic N) is 1. The zero-order valence-electron chi connectivity index (χ0n) is 11.2. The molecule has 0 aliphatic heterocycles. The molecular weight excluding hydrogens is 335 g/mol. The van der Waals surface area contributed by atoms with Gasteiger partial charge in [0.25, 0.3) is 0 Å². The average Bonchev–Trinajstić information content (AvgIpc) is 2.94. The first kappa shape index (κ1) is 16.3. The Morgan fingerprint density at radius 3 is 2.67 bits per heavy atom. The van der Waals surface area contributed by atoms with Crippen LogP contribution in [0, 0.1) is 0 Å². The molecule has 1 aromatic heterocycles. The number of halogens is 2. The van der Waals surface area contributed by atoms with Crippen LogP contribution < -0.4 is 10.0 Å². The van der Waals surface area contributed by atoms with Gasteiger partial charge in [-0.05, 0) is 24.7 Å². The van der Waals surface area contributed by atoms with Gasteiger partial charge in [0.05, 0.1) is 11.2 Å². The highest BCUT2D eigenvalue weighted by Crippen LogP contribution is 2.29. The molecule has 9 heteroatoms. The smallest absolute Gasteiger partial charge is 0.242 e. The van der Waals surface area contributed by atoms with Crippen LogP contribution in [0.15, 0.2) is 29.4 Å². The van der Waals surface area contributed by atoms with Gasteiger partial charge in [-0.3, -0.25) is 5.10 Å². The van der Waals surface area contributed by atoms with E-state index in [1.807, 2.05) is 0 Å². The standard InChI is InChI=1S/C12H14Cl2N4O2S/c1-15-7-9-2-10(13)3-11(12(9)14)21(19,20)18-6-8-4-16-17-5-8/h2-5,15,18H,6-7H2,1H3,(H,16,17). The molecule has 0 bridgehead atoms. The lowest BCUT2D eigenvalue weighted by atomic mass is 10.2. The van der Waals surface area contributed by atoms with Crippen LogP contribution in [0.2, 0.25) is 10.0 Å². The van der Waals surface area contributed by atoms with Crippen molar-refractivity contribution in [3.05, 3.63) is 45.7 Å². The number of aromatic amines is 1. The highest BCUT2D eigenvalue weighted by molar-refractivity contribution is 7.89. The monoisotopic (exact) mass is 348 g/mol. The SMILES string of the molecule is CNCc1cc(Cl)cc(S(=O)(=O)NCc2cn[nH]c2)c1Cl. The van der Waals surface area contributed by atoms with Crippen LogP contribution in [-0.2, 0) is 23.1 Å². The molecule has 21 heavy (non-hydrogen) atoms. The second kappa shape index (κ2) is 6.76. The van der Waals surface area contributed by atoms with E-state index in [4.69, 9.17) is 23.2 Å². The number of benzene rings is 1. The van der Waals surface area contributed by atoms with Crippen LogP contribution in [0.3, 0.4) is 0 Å². The summed E-state index contributed by atoms with van der Waals surface area (Å²) in [5.74, 6) is 0. The van der Waals surface area contributed by atoms with Crippen LogP contribution in [0.4, 0.5) is 0 Å². The Balaban J connectivity index is 2.30. The number of aromatic nitrogens is 2. The molecule has 0 aliphatic carbocycles. The van der Waals surface area contributed by atoms with E-state index in [1.165, 1.54) is 12.3 Å². The van der Waals surface area contributed by atoms with E-state index in [2.05, 4.69) is 20.2 Å². The predicted octanol–water partition coefficient (Wildman–Crippen LogP) is 1.91. The van der Waals surface area contributed by atoms with Crippen LogP contribution >= 0.6 is 23.2 Å². The minimum atomic E-state index is -3.77. The zero-order chi connectivity index (χ0) is 15.5. The number of H-pyrrole nitrogens is 1. The first-order valence-electron chi connectivity index (χ1n) is 6.04. The molecule has 0 fully saturated rings. The van der Waals surface area contributed by atoms with Gasteiger partial charge in [0.1, 0.15) is 4.90 Å². The van der Waals surface area contributed by atoms with Crippen molar-refractivity contribution in [3.8, 4) is 0 Å². The fourth-order valence-electron chi connectivity index (χ4n) is 1.76. The van der Waals surface area contributed by atoms with E-state index in [0.717, 1.165) is 0 Å². The predicted molar refractivity (Wildman–Crippen MR) is 81.8 cm³/mol. The third-order valence-corrected chi connectivity index (χ3v) is 4.96. The van der Waals surface area contributed by atoms with Gasteiger partial charge >= 0.3 is 0 Å². The minimum absolute atomic E-state index is 0.0367. The van der Waals surface area contributed by atoms with E-state index in [9.17, 15) is 8.42 Å². The summed E-state index contributed by atoms with van der Waals surface area (Å²) < 4.78 is 27.2. The van der Waals surface area contributed by atoms with Crippen molar-refractivity contribution in [2.45, 2.75) is 18.0 Å². The minimum Gasteiger partial charge on any atom is -0.316 e. The summed E-state index contributed by atoms with van der Waals surface area (Å²) in [5.41, 5.74) is 1.34. The van der Waals surface area contributed by atoms with E-state index in [0.29, 0.717) is 22.7 Å². The fourth-order valence-corrected chi connectivity index (χ4v) is 3.71.